The minimum absolute atomic E-state index is 0.0734. The first kappa shape index (κ1) is 12.2. The number of hydrogen-bond donors (Lipinski definition) is 1. The van der Waals surface area contributed by atoms with Gasteiger partial charge < -0.3 is 10.6 Å². The van der Waals surface area contributed by atoms with Crippen LogP contribution in [0, 0.1) is 5.92 Å². The molecule has 18 heavy (non-hydrogen) atoms. The highest BCUT2D eigenvalue weighted by molar-refractivity contribution is 7.07. The molecule has 2 N–H and O–H groups in total. The molecule has 1 aromatic rings. The van der Waals surface area contributed by atoms with E-state index in [4.69, 9.17) is 5.73 Å². The van der Waals surface area contributed by atoms with E-state index in [0.29, 0.717) is 11.9 Å². The van der Waals surface area contributed by atoms with Gasteiger partial charge in [-0.2, -0.15) is 11.3 Å². The predicted octanol–water partition coefficient (Wildman–Crippen LogP) is 2.37. The Morgan fingerprint density at radius 3 is 2.78 bits per heavy atom. The molecule has 0 aliphatic heterocycles. The number of nitrogens with zero attached hydrogens (tertiary/aromatic N) is 1. The van der Waals surface area contributed by atoms with Crippen molar-refractivity contribution in [2.24, 2.45) is 11.7 Å². The van der Waals surface area contributed by atoms with Crippen LogP contribution in [0.5, 0.6) is 0 Å². The normalized spacial score (nSPS) is 27.4. The Balaban J connectivity index is 1.71. The quantitative estimate of drug-likeness (QED) is 0.907. The van der Waals surface area contributed by atoms with Crippen molar-refractivity contribution in [3.63, 3.8) is 0 Å². The Labute approximate surface area is 112 Å². The fourth-order valence-electron chi connectivity index (χ4n) is 2.86. The molecule has 2 unspecified atom stereocenters. The zero-order valence-corrected chi connectivity index (χ0v) is 11.4. The van der Waals surface area contributed by atoms with Gasteiger partial charge >= 0.3 is 0 Å². The number of amides is 1. The molecule has 2 aliphatic rings. The molecule has 0 bridgehead atoms. The summed E-state index contributed by atoms with van der Waals surface area (Å²) in [6.07, 6.45) is 5.42. The van der Waals surface area contributed by atoms with Crippen molar-refractivity contribution in [2.45, 2.75) is 50.7 Å². The van der Waals surface area contributed by atoms with Gasteiger partial charge in [0.1, 0.15) is 0 Å². The van der Waals surface area contributed by atoms with Gasteiger partial charge in [0, 0.05) is 18.6 Å². The molecule has 2 aliphatic carbocycles. The van der Waals surface area contributed by atoms with E-state index in [1.807, 2.05) is 0 Å². The summed E-state index contributed by atoms with van der Waals surface area (Å²) in [5.74, 6) is 0.373. The van der Waals surface area contributed by atoms with E-state index in [2.05, 4.69) is 21.7 Å². The Bertz CT molecular complexity index is 413. The molecule has 1 amide bonds. The van der Waals surface area contributed by atoms with Gasteiger partial charge in [0.15, 0.2) is 0 Å². The Morgan fingerprint density at radius 2 is 2.22 bits per heavy atom. The molecule has 0 spiro atoms. The zero-order chi connectivity index (χ0) is 12.5. The second-order valence-corrected chi connectivity index (χ2v) is 6.31. The third kappa shape index (κ3) is 2.45. The summed E-state index contributed by atoms with van der Waals surface area (Å²) < 4.78 is 0. The summed E-state index contributed by atoms with van der Waals surface area (Å²) in [6.45, 7) is 0.774. The van der Waals surface area contributed by atoms with E-state index < -0.39 is 0 Å². The van der Waals surface area contributed by atoms with Gasteiger partial charge in [-0.25, -0.2) is 0 Å². The molecule has 1 aromatic heterocycles. The van der Waals surface area contributed by atoms with Crippen LogP contribution in [-0.2, 0) is 11.3 Å². The summed E-state index contributed by atoms with van der Waals surface area (Å²) in [4.78, 5) is 14.7. The highest BCUT2D eigenvalue weighted by Gasteiger charge is 2.39. The number of hydrogen-bond acceptors (Lipinski definition) is 3. The predicted molar refractivity (Wildman–Crippen MR) is 73.2 cm³/mol. The van der Waals surface area contributed by atoms with Crippen molar-refractivity contribution < 1.29 is 4.79 Å². The van der Waals surface area contributed by atoms with Crippen LogP contribution in [0.4, 0.5) is 0 Å². The van der Waals surface area contributed by atoms with Crippen LogP contribution in [0.1, 0.15) is 37.7 Å². The summed E-state index contributed by atoms with van der Waals surface area (Å²) in [5.41, 5.74) is 7.32. The lowest BCUT2D eigenvalue weighted by atomic mass is 10.0. The van der Waals surface area contributed by atoms with Crippen molar-refractivity contribution in [3.8, 4) is 0 Å². The second-order valence-electron chi connectivity index (χ2n) is 5.53. The van der Waals surface area contributed by atoms with Crippen LogP contribution >= 0.6 is 11.3 Å². The third-order valence-corrected chi connectivity index (χ3v) is 4.82. The molecule has 4 heteroatoms. The van der Waals surface area contributed by atoms with Crippen molar-refractivity contribution >= 4 is 17.2 Å². The van der Waals surface area contributed by atoms with Crippen LogP contribution in [-0.4, -0.2) is 22.9 Å². The van der Waals surface area contributed by atoms with Crippen LogP contribution in [0.2, 0.25) is 0 Å². The van der Waals surface area contributed by atoms with Crippen molar-refractivity contribution in [2.75, 3.05) is 0 Å². The third-order valence-electron chi connectivity index (χ3n) is 4.09. The van der Waals surface area contributed by atoms with Crippen molar-refractivity contribution in [1.29, 1.82) is 0 Å². The lowest BCUT2D eigenvalue weighted by Gasteiger charge is -2.27. The number of rotatable bonds is 4. The van der Waals surface area contributed by atoms with Gasteiger partial charge in [0.25, 0.3) is 0 Å². The monoisotopic (exact) mass is 264 g/mol. The first-order valence-electron chi connectivity index (χ1n) is 6.83. The largest absolute Gasteiger partial charge is 0.335 e. The Kier molecular flexibility index (Phi) is 3.39. The van der Waals surface area contributed by atoms with E-state index in [1.165, 1.54) is 5.56 Å². The summed E-state index contributed by atoms with van der Waals surface area (Å²) in [5, 5.41) is 4.21. The first-order valence-corrected chi connectivity index (χ1v) is 7.77. The Hall–Kier alpha value is -0.870. The maximum absolute atomic E-state index is 12.6. The molecule has 0 aromatic carbocycles. The van der Waals surface area contributed by atoms with E-state index in [0.717, 1.165) is 38.6 Å². The number of nitrogens with two attached hydrogens (primary N) is 1. The minimum atomic E-state index is 0.0734. The molecule has 0 saturated heterocycles. The maximum Gasteiger partial charge on any atom is 0.227 e. The molecule has 2 fully saturated rings. The van der Waals surface area contributed by atoms with Crippen molar-refractivity contribution in [3.05, 3.63) is 22.4 Å². The average Bonchev–Trinajstić information content (AvgIpc) is 2.89. The van der Waals surface area contributed by atoms with Gasteiger partial charge in [-0.15, -0.1) is 0 Å². The van der Waals surface area contributed by atoms with E-state index in [1.54, 1.807) is 11.3 Å². The molecule has 2 atom stereocenters. The molecular formula is C14H20N2OS. The molecule has 3 nitrogen and oxygen atoms in total. The number of thiophene rings is 1. The van der Waals surface area contributed by atoms with Gasteiger partial charge in [-0.3, -0.25) is 4.79 Å². The van der Waals surface area contributed by atoms with Crippen molar-refractivity contribution in [1.82, 2.24) is 4.90 Å². The molecule has 1 heterocycles. The van der Waals surface area contributed by atoms with Gasteiger partial charge in [-0.05, 0) is 48.1 Å². The second kappa shape index (κ2) is 5.02. The van der Waals surface area contributed by atoms with E-state index >= 15 is 0 Å². The summed E-state index contributed by atoms with van der Waals surface area (Å²) in [6, 6.07) is 2.67. The van der Waals surface area contributed by atoms with Crippen LogP contribution in [0.15, 0.2) is 16.8 Å². The van der Waals surface area contributed by atoms with Crippen LogP contribution < -0.4 is 5.73 Å². The standard InChI is InChI=1S/C14H20N2OS/c15-13-3-1-2-12(13)14(17)16(11-4-5-11)8-10-6-7-18-9-10/h6-7,9,11-13H,1-5,8,15H2. The smallest absolute Gasteiger partial charge is 0.227 e. The fourth-order valence-corrected chi connectivity index (χ4v) is 3.52. The SMILES string of the molecule is NC1CCCC1C(=O)N(Cc1ccsc1)C1CC1. The molecule has 2 saturated carbocycles. The maximum atomic E-state index is 12.6. The summed E-state index contributed by atoms with van der Waals surface area (Å²) >= 11 is 1.70. The zero-order valence-electron chi connectivity index (χ0n) is 10.5. The lowest BCUT2D eigenvalue weighted by Crippen LogP contribution is -2.42. The van der Waals surface area contributed by atoms with Crippen LogP contribution in [0.25, 0.3) is 0 Å². The average molecular weight is 264 g/mol. The molecule has 0 radical (unpaired) electrons. The lowest BCUT2D eigenvalue weighted by molar-refractivity contribution is -0.137. The highest BCUT2D eigenvalue weighted by Crippen LogP contribution is 2.33. The summed E-state index contributed by atoms with van der Waals surface area (Å²) in [7, 11) is 0. The van der Waals surface area contributed by atoms with Gasteiger partial charge in [-0.1, -0.05) is 6.42 Å². The van der Waals surface area contributed by atoms with E-state index in [9.17, 15) is 4.79 Å². The molecule has 3 rings (SSSR count). The van der Waals surface area contributed by atoms with Crippen LogP contribution in [0.3, 0.4) is 0 Å². The molecular weight excluding hydrogens is 244 g/mol. The Morgan fingerprint density at radius 1 is 1.39 bits per heavy atom. The van der Waals surface area contributed by atoms with E-state index in [-0.39, 0.29) is 12.0 Å². The highest BCUT2D eigenvalue weighted by atomic mass is 32.1. The van der Waals surface area contributed by atoms with Gasteiger partial charge in [0.2, 0.25) is 5.91 Å². The number of carbonyl (C=O) groups is 1. The minimum Gasteiger partial charge on any atom is -0.335 e. The number of carbonyl (C=O) groups excluding carboxylic acids is 1. The molecule has 98 valence electrons. The van der Waals surface area contributed by atoms with Gasteiger partial charge in [0.05, 0.1) is 5.92 Å². The fraction of sp³-hybridized carbons (Fsp3) is 0.643. The first-order chi connectivity index (χ1) is 8.75. The topological polar surface area (TPSA) is 46.3 Å².